The first-order valence-corrected chi connectivity index (χ1v) is 8.90. The van der Waals surface area contributed by atoms with Gasteiger partial charge >= 0.3 is 0 Å². The Balaban J connectivity index is 2.28. The third kappa shape index (κ3) is 3.38. The zero-order valence-electron chi connectivity index (χ0n) is 11.9. The normalized spacial score (nSPS) is 19.8. The van der Waals surface area contributed by atoms with E-state index in [0.717, 1.165) is 6.07 Å². The van der Waals surface area contributed by atoms with Crippen molar-refractivity contribution in [1.29, 1.82) is 0 Å². The molecule has 1 atom stereocenters. The van der Waals surface area contributed by atoms with E-state index in [1.807, 2.05) is 0 Å². The number of halogens is 1. The summed E-state index contributed by atoms with van der Waals surface area (Å²) in [6.45, 7) is 2.09. The van der Waals surface area contributed by atoms with Gasteiger partial charge in [0.05, 0.1) is 27.0 Å². The Morgan fingerprint density at radius 2 is 2.18 bits per heavy atom. The monoisotopic (exact) mass is 346 g/mol. The van der Waals surface area contributed by atoms with Crippen molar-refractivity contribution in [3.05, 3.63) is 38.9 Å². The first-order valence-electron chi connectivity index (χ1n) is 6.70. The van der Waals surface area contributed by atoms with E-state index < -0.39 is 20.7 Å². The maximum absolute atomic E-state index is 12.6. The van der Waals surface area contributed by atoms with Crippen molar-refractivity contribution in [2.24, 2.45) is 0 Å². The number of hydrogen-bond acceptors (Lipinski definition) is 5. The summed E-state index contributed by atoms with van der Waals surface area (Å²) in [6.07, 6.45) is 0.395. The standard InChI is InChI=1S/C13H15ClN2O5S/c1-2-15(10-5-6-22(20,21)8-10)13(17)11-4-3-9(16(18)19)7-12(11)14/h3-4,7,10H,2,5-6,8H2,1H3. The second kappa shape index (κ2) is 6.21. The van der Waals surface area contributed by atoms with Crippen molar-refractivity contribution in [2.45, 2.75) is 19.4 Å². The number of carbonyl (C=O) groups excluding carboxylic acids is 1. The fourth-order valence-corrected chi connectivity index (χ4v) is 4.52. The summed E-state index contributed by atoms with van der Waals surface area (Å²) in [4.78, 5) is 24.1. The number of sulfone groups is 1. The van der Waals surface area contributed by atoms with Crippen LogP contribution in [-0.4, -0.2) is 48.2 Å². The van der Waals surface area contributed by atoms with Gasteiger partial charge in [-0.1, -0.05) is 11.6 Å². The molecule has 1 aromatic rings. The number of hydrogen-bond donors (Lipinski definition) is 0. The van der Waals surface area contributed by atoms with Crippen LogP contribution in [0.1, 0.15) is 23.7 Å². The molecule has 0 bridgehead atoms. The average Bonchev–Trinajstić information content (AvgIpc) is 2.79. The van der Waals surface area contributed by atoms with Gasteiger partial charge < -0.3 is 4.90 Å². The summed E-state index contributed by atoms with van der Waals surface area (Å²) < 4.78 is 23.1. The molecule has 7 nitrogen and oxygen atoms in total. The minimum Gasteiger partial charge on any atom is -0.335 e. The first kappa shape index (κ1) is 16.7. The Kier molecular flexibility index (Phi) is 4.72. The Labute approximate surface area is 132 Å². The Morgan fingerprint density at radius 3 is 2.64 bits per heavy atom. The van der Waals surface area contributed by atoms with E-state index in [-0.39, 0.29) is 33.8 Å². The van der Waals surface area contributed by atoms with Crippen molar-refractivity contribution in [1.82, 2.24) is 4.90 Å². The number of amides is 1. The highest BCUT2D eigenvalue weighted by atomic mass is 35.5. The molecule has 22 heavy (non-hydrogen) atoms. The second-order valence-electron chi connectivity index (χ2n) is 5.07. The van der Waals surface area contributed by atoms with Crippen LogP contribution in [0.15, 0.2) is 18.2 Å². The number of carbonyl (C=O) groups is 1. The lowest BCUT2D eigenvalue weighted by atomic mass is 10.1. The molecule has 9 heteroatoms. The third-order valence-electron chi connectivity index (χ3n) is 3.64. The molecule has 1 aromatic carbocycles. The van der Waals surface area contributed by atoms with Gasteiger partial charge in [0.1, 0.15) is 0 Å². The molecule has 0 spiro atoms. The van der Waals surface area contributed by atoms with Gasteiger partial charge in [-0.25, -0.2) is 8.42 Å². The lowest BCUT2D eigenvalue weighted by molar-refractivity contribution is -0.384. The molecule has 0 aromatic heterocycles. The van der Waals surface area contributed by atoms with Crippen LogP contribution < -0.4 is 0 Å². The minimum absolute atomic E-state index is 0.0153. The smallest absolute Gasteiger partial charge is 0.270 e. The quantitative estimate of drug-likeness (QED) is 0.612. The van der Waals surface area contributed by atoms with Crippen LogP contribution in [0.3, 0.4) is 0 Å². The summed E-state index contributed by atoms with van der Waals surface area (Å²) in [5.74, 6) is -0.406. The van der Waals surface area contributed by atoms with Gasteiger partial charge in [-0.15, -0.1) is 0 Å². The second-order valence-corrected chi connectivity index (χ2v) is 7.71. The van der Waals surface area contributed by atoms with E-state index in [0.29, 0.717) is 13.0 Å². The fraction of sp³-hybridized carbons (Fsp3) is 0.462. The van der Waals surface area contributed by atoms with E-state index >= 15 is 0 Å². The van der Waals surface area contributed by atoms with Crippen molar-refractivity contribution in [3.8, 4) is 0 Å². The van der Waals surface area contributed by atoms with Gasteiger partial charge in [-0.3, -0.25) is 14.9 Å². The van der Waals surface area contributed by atoms with Crippen LogP contribution in [0.5, 0.6) is 0 Å². The number of benzene rings is 1. The topological polar surface area (TPSA) is 97.6 Å². The summed E-state index contributed by atoms with van der Waals surface area (Å²) in [6, 6.07) is 3.25. The van der Waals surface area contributed by atoms with E-state index in [4.69, 9.17) is 11.6 Å². The fourth-order valence-electron chi connectivity index (χ4n) is 2.53. The summed E-state index contributed by atoms with van der Waals surface area (Å²) in [5.41, 5.74) is -0.0635. The summed E-state index contributed by atoms with van der Waals surface area (Å²) >= 11 is 5.96. The zero-order valence-corrected chi connectivity index (χ0v) is 13.4. The molecule has 1 aliphatic rings. The van der Waals surface area contributed by atoms with Crippen LogP contribution in [0.2, 0.25) is 5.02 Å². The molecule has 0 saturated carbocycles. The highest BCUT2D eigenvalue weighted by molar-refractivity contribution is 7.91. The largest absolute Gasteiger partial charge is 0.335 e. The van der Waals surface area contributed by atoms with E-state index in [9.17, 15) is 23.3 Å². The van der Waals surface area contributed by atoms with Gasteiger partial charge in [0.15, 0.2) is 9.84 Å². The number of nitro groups is 1. The molecule has 1 amide bonds. The molecule has 1 saturated heterocycles. The van der Waals surface area contributed by atoms with Gasteiger partial charge in [0.2, 0.25) is 0 Å². The van der Waals surface area contributed by atoms with E-state index in [2.05, 4.69) is 0 Å². The zero-order chi connectivity index (χ0) is 16.5. The molecule has 1 heterocycles. The molecule has 2 rings (SSSR count). The number of nitrogens with zero attached hydrogens (tertiary/aromatic N) is 2. The van der Waals surface area contributed by atoms with Gasteiger partial charge in [-0.2, -0.15) is 0 Å². The maximum Gasteiger partial charge on any atom is 0.270 e. The summed E-state index contributed by atoms with van der Waals surface area (Å²) in [7, 11) is -3.11. The summed E-state index contributed by atoms with van der Waals surface area (Å²) in [5, 5.41) is 10.7. The molecule has 1 fully saturated rings. The number of nitro benzene ring substituents is 1. The van der Waals surface area contributed by atoms with Crippen molar-refractivity contribution in [2.75, 3.05) is 18.1 Å². The number of non-ortho nitro benzene ring substituents is 1. The molecule has 0 N–H and O–H groups in total. The molecular weight excluding hydrogens is 332 g/mol. The van der Waals surface area contributed by atoms with Crippen LogP contribution in [0.25, 0.3) is 0 Å². The molecular formula is C13H15ClN2O5S. The van der Waals surface area contributed by atoms with E-state index in [1.54, 1.807) is 6.92 Å². The van der Waals surface area contributed by atoms with Crippen molar-refractivity contribution < 1.29 is 18.1 Å². The highest BCUT2D eigenvalue weighted by Crippen LogP contribution is 2.26. The van der Waals surface area contributed by atoms with E-state index in [1.165, 1.54) is 17.0 Å². The predicted octanol–water partition coefficient (Wildman–Crippen LogP) is 1.90. The van der Waals surface area contributed by atoms with Crippen LogP contribution in [0, 0.1) is 10.1 Å². The molecule has 1 unspecified atom stereocenters. The lowest BCUT2D eigenvalue weighted by Crippen LogP contribution is -2.41. The number of rotatable bonds is 4. The predicted molar refractivity (Wildman–Crippen MR) is 81.9 cm³/mol. The van der Waals surface area contributed by atoms with Gasteiger partial charge in [-0.05, 0) is 19.4 Å². The SMILES string of the molecule is CCN(C(=O)c1ccc([N+](=O)[O-])cc1Cl)C1CCS(=O)(=O)C1. The molecule has 120 valence electrons. The average molecular weight is 347 g/mol. The first-order chi connectivity index (χ1) is 10.2. The Bertz CT molecular complexity index is 719. The van der Waals surface area contributed by atoms with Gasteiger partial charge in [0, 0.05) is 24.7 Å². The Morgan fingerprint density at radius 1 is 1.50 bits per heavy atom. The maximum atomic E-state index is 12.6. The Hall–Kier alpha value is -1.67. The van der Waals surface area contributed by atoms with Crippen molar-refractivity contribution in [3.63, 3.8) is 0 Å². The highest BCUT2D eigenvalue weighted by Gasteiger charge is 2.34. The van der Waals surface area contributed by atoms with Crippen LogP contribution in [0.4, 0.5) is 5.69 Å². The van der Waals surface area contributed by atoms with Crippen molar-refractivity contribution >= 4 is 33.0 Å². The lowest BCUT2D eigenvalue weighted by Gasteiger charge is -2.27. The van der Waals surface area contributed by atoms with Gasteiger partial charge in [0.25, 0.3) is 11.6 Å². The molecule has 0 radical (unpaired) electrons. The van der Waals surface area contributed by atoms with Crippen LogP contribution >= 0.6 is 11.6 Å². The molecule has 0 aliphatic carbocycles. The third-order valence-corrected chi connectivity index (χ3v) is 5.71. The minimum atomic E-state index is -3.11. The molecule has 1 aliphatic heterocycles. The van der Waals surface area contributed by atoms with Crippen LogP contribution in [-0.2, 0) is 9.84 Å².